The highest BCUT2D eigenvalue weighted by Gasteiger charge is 2.47. The van der Waals surface area contributed by atoms with Crippen molar-refractivity contribution in [1.29, 1.82) is 5.26 Å². The molecule has 1 saturated heterocycles. The first-order valence-electron chi connectivity index (χ1n) is 7.63. The number of carbonyl (C=O) groups is 1. The zero-order valence-electron chi connectivity index (χ0n) is 13.5. The maximum atomic E-state index is 11.8. The molecule has 11 nitrogen and oxygen atoms in total. The Kier molecular flexibility index (Phi) is 4.49. The van der Waals surface area contributed by atoms with Crippen LogP contribution in [0, 0.1) is 11.3 Å². The SMILES string of the molecule is CCNc1nc(C#N)nc2c1ncn2[C@@H]1O[C@H](C(=O)NC)[C@@H](O)[C@H]1O. The Morgan fingerprint density at radius 2 is 2.20 bits per heavy atom. The lowest BCUT2D eigenvalue weighted by atomic mass is 10.1. The van der Waals surface area contributed by atoms with E-state index in [-0.39, 0.29) is 11.5 Å². The molecule has 0 aromatic carbocycles. The predicted molar refractivity (Wildman–Crippen MR) is 84.2 cm³/mol. The third-order valence-corrected chi connectivity index (χ3v) is 3.88. The average Bonchev–Trinajstić information content (AvgIpc) is 3.16. The van der Waals surface area contributed by atoms with Gasteiger partial charge in [0.25, 0.3) is 5.91 Å². The number of fused-ring (bicyclic) bond motifs is 1. The van der Waals surface area contributed by atoms with Gasteiger partial charge in [0.15, 0.2) is 29.3 Å². The van der Waals surface area contributed by atoms with Gasteiger partial charge in [-0.05, 0) is 6.92 Å². The fraction of sp³-hybridized carbons (Fsp3) is 0.500. The van der Waals surface area contributed by atoms with Gasteiger partial charge < -0.3 is 25.6 Å². The lowest BCUT2D eigenvalue weighted by molar-refractivity contribution is -0.137. The van der Waals surface area contributed by atoms with E-state index in [9.17, 15) is 15.0 Å². The first-order chi connectivity index (χ1) is 12.0. The minimum absolute atomic E-state index is 0.0823. The summed E-state index contributed by atoms with van der Waals surface area (Å²) >= 11 is 0. The number of likely N-dealkylation sites (N-methyl/N-ethyl adjacent to an activating group) is 1. The number of rotatable bonds is 4. The molecule has 132 valence electrons. The zero-order chi connectivity index (χ0) is 18.1. The highest BCUT2D eigenvalue weighted by Crippen LogP contribution is 2.32. The normalized spacial score (nSPS) is 25.7. The average molecular weight is 347 g/mol. The van der Waals surface area contributed by atoms with Crippen molar-refractivity contribution in [2.75, 3.05) is 18.9 Å². The van der Waals surface area contributed by atoms with Crippen LogP contribution in [0.4, 0.5) is 5.82 Å². The number of nitrogens with zero attached hydrogens (tertiary/aromatic N) is 5. The molecule has 0 spiro atoms. The molecular formula is C14H17N7O4. The monoisotopic (exact) mass is 347 g/mol. The Labute approximate surface area is 142 Å². The smallest absolute Gasteiger partial charge is 0.251 e. The second kappa shape index (κ2) is 6.60. The van der Waals surface area contributed by atoms with Crippen molar-refractivity contribution in [2.24, 2.45) is 0 Å². The van der Waals surface area contributed by atoms with Crippen molar-refractivity contribution in [1.82, 2.24) is 24.8 Å². The van der Waals surface area contributed by atoms with Crippen LogP contribution >= 0.6 is 0 Å². The van der Waals surface area contributed by atoms with Gasteiger partial charge in [0.1, 0.15) is 18.3 Å². The molecule has 2 aromatic heterocycles. The molecule has 3 rings (SSSR count). The van der Waals surface area contributed by atoms with E-state index in [1.807, 2.05) is 13.0 Å². The van der Waals surface area contributed by atoms with Gasteiger partial charge in [-0.1, -0.05) is 0 Å². The molecule has 4 N–H and O–H groups in total. The molecule has 0 saturated carbocycles. The van der Waals surface area contributed by atoms with Gasteiger partial charge >= 0.3 is 0 Å². The van der Waals surface area contributed by atoms with Crippen LogP contribution in [0.3, 0.4) is 0 Å². The van der Waals surface area contributed by atoms with Crippen LogP contribution in [0.5, 0.6) is 0 Å². The van der Waals surface area contributed by atoms with Crippen LogP contribution in [0.25, 0.3) is 11.2 Å². The van der Waals surface area contributed by atoms with Crippen LogP contribution in [-0.2, 0) is 9.53 Å². The fourth-order valence-electron chi connectivity index (χ4n) is 2.69. The van der Waals surface area contributed by atoms with Crippen molar-refractivity contribution < 1.29 is 19.7 Å². The second-order valence-electron chi connectivity index (χ2n) is 5.40. The minimum Gasteiger partial charge on any atom is -0.387 e. The van der Waals surface area contributed by atoms with Gasteiger partial charge in [-0.15, -0.1) is 0 Å². The standard InChI is InChI=1S/C14H17N7O4/c1-3-17-11-7-12(20-6(4-15)19-11)21(5-18-7)14-9(23)8(22)10(25-14)13(24)16-2/h5,8-10,14,22-23H,3H2,1-2H3,(H,16,24)(H,17,19,20)/t8-,9+,10-,14+/m0/s1. The van der Waals surface area contributed by atoms with E-state index in [1.165, 1.54) is 17.9 Å². The van der Waals surface area contributed by atoms with E-state index in [1.54, 1.807) is 0 Å². The number of aliphatic hydroxyl groups is 2. The van der Waals surface area contributed by atoms with Crippen LogP contribution in [0.1, 0.15) is 19.0 Å². The Balaban J connectivity index is 2.06. The molecule has 1 aliphatic heterocycles. The zero-order valence-corrected chi connectivity index (χ0v) is 13.5. The third-order valence-electron chi connectivity index (χ3n) is 3.88. The summed E-state index contributed by atoms with van der Waals surface area (Å²) < 4.78 is 6.88. The van der Waals surface area contributed by atoms with E-state index in [0.29, 0.717) is 17.9 Å². The summed E-state index contributed by atoms with van der Waals surface area (Å²) in [4.78, 5) is 24.1. The molecule has 4 atom stereocenters. The molecule has 25 heavy (non-hydrogen) atoms. The molecule has 3 heterocycles. The van der Waals surface area contributed by atoms with Gasteiger partial charge in [-0.2, -0.15) is 15.2 Å². The minimum atomic E-state index is -1.41. The van der Waals surface area contributed by atoms with Crippen molar-refractivity contribution in [3.63, 3.8) is 0 Å². The molecule has 2 aromatic rings. The van der Waals surface area contributed by atoms with Crippen LogP contribution in [0.15, 0.2) is 6.33 Å². The first-order valence-corrected chi connectivity index (χ1v) is 7.63. The number of nitriles is 1. The number of aliphatic hydroxyl groups excluding tert-OH is 2. The van der Waals surface area contributed by atoms with E-state index >= 15 is 0 Å². The van der Waals surface area contributed by atoms with E-state index in [2.05, 4.69) is 25.6 Å². The fourth-order valence-corrected chi connectivity index (χ4v) is 2.69. The summed E-state index contributed by atoms with van der Waals surface area (Å²) in [5, 5.41) is 34.8. The Morgan fingerprint density at radius 3 is 2.84 bits per heavy atom. The van der Waals surface area contributed by atoms with Crippen molar-refractivity contribution in [3.8, 4) is 6.07 Å². The highest BCUT2D eigenvalue weighted by molar-refractivity contribution is 5.84. The summed E-state index contributed by atoms with van der Waals surface area (Å²) in [5.74, 6) is -0.265. The molecule has 0 aliphatic carbocycles. The Morgan fingerprint density at radius 1 is 1.44 bits per heavy atom. The second-order valence-corrected chi connectivity index (χ2v) is 5.40. The molecule has 0 bridgehead atoms. The van der Waals surface area contributed by atoms with E-state index < -0.39 is 30.4 Å². The summed E-state index contributed by atoms with van der Waals surface area (Å²) in [6.45, 7) is 2.43. The molecule has 1 aliphatic rings. The predicted octanol–water partition coefficient (Wildman–Crippen LogP) is -1.51. The first kappa shape index (κ1) is 17.0. The molecule has 1 amide bonds. The summed E-state index contributed by atoms with van der Waals surface area (Å²) in [6, 6.07) is 1.86. The van der Waals surface area contributed by atoms with Gasteiger partial charge in [-0.3, -0.25) is 9.36 Å². The van der Waals surface area contributed by atoms with Gasteiger partial charge in [0, 0.05) is 13.6 Å². The van der Waals surface area contributed by atoms with Gasteiger partial charge in [0.05, 0.1) is 6.33 Å². The highest BCUT2D eigenvalue weighted by atomic mass is 16.6. The third kappa shape index (κ3) is 2.76. The van der Waals surface area contributed by atoms with Crippen LogP contribution < -0.4 is 10.6 Å². The van der Waals surface area contributed by atoms with Crippen LogP contribution in [0.2, 0.25) is 0 Å². The number of aromatic nitrogens is 4. The van der Waals surface area contributed by atoms with Gasteiger partial charge in [-0.25, -0.2) is 4.98 Å². The number of anilines is 1. The number of carbonyl (C=O) groups excluding carboxylic acids is 1. The van der Waals surface area contributed by atoms with Crippen molar-refractivity contribution in [2.45, 2.75) is 31.5 Å². The number of hydrogen-bond acceptors (Lipinski definition) is 9. The number of imidazole rings is 1. The van der Waals surface area contributed by atoms with Crippen molar-refractivity contribution in [3.05, 3.63) is 12.2 Å². The number of hydrogen-bond donors (Lipinski definition) is 4. The largest absolute Gasteiger partial charge is 0.387 e. The maximum absolute atomic E-state index is 11.8. The maximum Gasteiger partial charge on any atom is 0.251 e. The number of nitrogens with one attached hydrogen (secondary N) is 2. The summed E-state index contributed by atoms with van der Waals surface area (Å²) in [5.41, 5.74) is 0.630. The Hall–Kier alpha value is -2.81. The topological polar surface area (TPSA) is 158 Å². The molecule has 1 fully saturated rings. The quantitative estimate of drug-likeness (QED) is 0.516. The molecule has 0 unspecified atom stereocenters. The van der Waals surface area contributed by atoms with Crippen LogP contribution in [-0.4, -0.2) is 67.5 Å². The Bertz CT molecular complexity index is 846. The number of ether oxygens (including phenoxy) is 1. The summed E-state index contributed by atoms with van der Waals surface area (Å²) in [7, 11) is 1.40. The lowest BCUT2D eigenvalue weighted by Crippen LogP contribution is -2.41. The van der Waals surface area contributed by atoms with E-state index in [0.717, 1.165) is 0 Å². The van der Waals surface area contributed by atoms with Gasteiger partial charge in [0.2, 0.25) is 5.82 Å². The van der Waals surface area contributed by atoms with E-state index in [4.69, 9.17) is 10.00 Å². The van der Waals surface area contributed by atoms with Crippen molar-refractivity contribution >= 4 is 22.9 Å². The number of amides is 1. The molecular weight excluding hydrogens is 330 g/mol. The summed E-state index contributed by atoms with van der Waals surface area (Å²) in [6.07, 6.45) is -3.74. The molecule has 0 radical (unpaired) electrons. The lowest BCUT2D eigenvalue weighted by Gasteiger charge is -2.16. The molecule has 11 heteroatoms.